The maximum atomic E-state index is 12.9. The first-order chi connectivity index (χ1) is 10.1. The largest absolute Gasteiger partial charge is 0.458 e. The fourth-order valence-corrected chi connectivity index (χ4v) is 3.36. The predicted molar refractivity (Wildman–Crippen MR) is 79.7 cm³/mol. The van der Waals surface area contributed by atoms with Gasteiger partial charge in [0, 0.05) is 10.9 Å². The van der Waals surface area contributed by atoms with Gasteiger partial charge >= 0.3 is 5.97 Å². The van der Waals surface area contributed by atoms with Gasteiger partial charge < -0.3 is 4.74 Å². The Kier molecular flexibility index (Phi) is 4.01. The van der Waals surface area contributed by atoms with Crippen molar-refractivity contribution < 1.29 is 13.9 Å². The third-order valence-electron chi connectivity index (χ3n) is 3.72. The van der Waals surface area contributed by atoms with Crippen LogP contribution in [0.4, 0.5) is 4.39 Å². The number of aromatic nitrogens is 1. The Morgan fingerprint density at radius 3 is 2.76 bits per heavy atom. The lowest BCUT2D eigenvalue weighted by Crippen LogP contribution is -2.15. The highest BCUT2D eigenvalue weighted by Crippen LogP contribution is 2.29. The number of esters is 1. The molecule has 1 fully saturated rings. The second-order valence-corrected chi connectivity index (χ2v) is 6.35. The van der Waals surface area contributed by atoms with Crippen LogP contribution in [-0.2, 0) is 4.74 Å². The molecular weight excluding hydrogens is 289 g/mol. The van der Waals surface area contributed by atoms with E-state index in [1.165, 1.54) is 23.5 Å². The van der Waals surface area contributed by atoms with Crippen molar-refractivity contribution >= 4 is 17.3 Å². The minimum atomic E-state index is -0.362. The number of carbonyl (C=O) groups excluding carboxylic acids is 1. The van der Waals surface area contributed by atoms with Gasteiger partial charge in [-0.15, -0.1) is 11.3 Å². The molecule has 1 aliphatic rings. The summed E-state index contributed by atoms with van der Waals surface area (Å²) in [4.78, 5) is 16.4. The molecule has 0 spiro atoms. The highest BCUT2D eigenvalue weighted by Gasteiger charge is 2.26. The van der Waals surface area contributed by atoms with Crippen molar-refractivity contribution in [2.45, 2.75) is 32.3 Å². The SMILES string of the molecule is C[C@@H]1CC[C@@H](OC(=O)c2csc(-c3ccc(F)cc3)n2)C1. The second kappa shape index (κ2) is 5.93. The summed E-state index contributed by atoms with van der Waals surface area (Å²) in [6.45, 7) is 2.17. The fraction of sp³-hybridized carbons (Fsp3) is 0.375. The van der Waals surface area contributed by atoms with Crippen molar-refractivity contribution in [2.75, 3.05) is 0 Å². The van der Waals surface area contributed by atoms with Crippen LogP contribution in [0.25, 0.3) is 10.6 Å². The summed E-state index contributed by atoms with van der Waals surface area (Å²) in [7, 11) is 0. The van der Waals surface area contributed by atoms with E-state index in [0.29, 0.717) is 16.6 Å². The van der Waals surface area contributed by atoms with E-state index in [2.05, 4.69) is 11.9 Å². The minimum Gasteiger partial charge on any atom is -0.458 e. The van der Waals surface area contributed by atoms with Gasteiger partial charge in [-0.25, -0.2) is 14.2 Å². The van der Waals surface area contributed by atoms with E-state index < -0.39 is 0 Å². The van der Waals surface area contributed by atoms with E-state index in [1.54, 1.807) is 17.5 Å². The van der Waals surface area contributed by atoms with E-state index in [9.17, 15) is 9.18 Å². The summed E-state index contributed by atoms with van der Waals surface area (Å²) < 4.78 is 18.4. The summed E-state index contributed by atoms with van der Waals surface area (Å²) >= 11 is 1.36. The number of halogens is 1. The number of hydrogen-bond donors (Lipinski definition) is 0. The van der Waals surface area contributed by atoms with Gasteiger partial charge in [-0.2, -0.15) is 0 Å². The van der Waals surface area contributed by atoms with E-state index in [1.807, 2.05) is 0 Å². The highest BCUT2D eigenvalue weighted by atomic mass is 32.1. The molecule has 0 aliphatic heterocycles. The topological polar surface area (TPSA) is 39.2 Å². The normalized spacial score (nSPS) is 21.4. The molecule has 1 saturated carbocycles. The van der Waals surface area contributed by atoms with Gasteiger partial charge in [0.05, 0.1) is 0 Å². The van der Waals surface area contributed by atoms with Gasteiger partial charge in [0.25, 0.3) is 0 Å². The standard InChI is InChI=1S/C16H16FNO2S/c1-10-2-7-13(8-10)20-16(19)14-9-21-15(18-14)11-3-5-12(17)6-4-11/h3-6,9-10,13H,2,7-8H2,1H3/t10-,13-/m1/s1. The quantitative estimate of drug-likeness (QED) is 0.794. The van der Waals surface area contributed by atoms with Crippen molar-refractivity contribution in [1.82, 2.24) is 4.98 Å². The highest BCUT2D eigenvalue weighted by molar-refractivity contribution is 7.13. The number of benzene rings is 1. The Hall–Kier alpha value is -1.75. The Labute approximate surface area is 126 Å². The molecule has 0 bridgehead atoms. The molecule has 21 heavy (non-hydrogen) atoms. The first-order valence-electron chi connectivity index (χ1n) is 7.04. The molecule has 0 amide bonds. The second-order valence-electron chi connectivity index (χ2n) is 5.49. The fourth-order valence-electron chi connectivity index (χ4n) is 2.57. The Morgan fingerprint density at radius 2 is 2.10 bits per heavy atom. The molecular formula is C16H16FNO2S. The van der Waals surface area contributed by atoms with E-state index >= 15 is 0 Å². The zero-order valence-corrected chi connectivity index (χ0v) is 12.5. The van der Waals surface area contributed by atoms with Crippen LogP contribution in [0, 0.1) is 11.7 Å². The van der Waals surface area contributed by atoms with Crippen LogP contribution in [0.2, 0.25) is 0 Å². The average molecular weight is 305 g/mol. The smallest absolute Gasteiger partial charge is 0.358 e. The Balaban J connectivity index is 1.69. The van der Waals surface area contributed by atoms with Gasteiger partial charge in [0.1, 0.15) is 16.9 Å². The summed E-state index contributed by atoms with van der Waals surface area (Å²) in [6, 6.07) is 6.08. The van der Waals surface area contributed by atoms with Crippen LogP contribution in [0.1, 0.15) is 36.7 Å². The molecule has 1 aliphatic carbocycles. The van der Waals surface area contributed by atoms with E-state index in [4.69, 9.17) is 4.74 Å². The molecule has 0 unspecified atom stereocenters. The monoisotopic (exact) mass is 305 g/mol. The molecule has 5 heteroatoms. The van der Waals surface area contributed by atoms with Crippen LogP contribution in [0.3, 0.4) is 0 Å². The Bertz CT molecular complexity index is 638. The molecule has 1 aromatic heterocycles. The zero-order valence-electron chi connectivity index (χ0n) is 11.7. The third kappa shape index (κ3) is 3.29. The molecule has 0 N–H and O–H groups in total. The lowest BCUT2D eigenvalue weighted by Gasteiger charge is -2.10. The zero-order chi connectivity index (χ0) is 14.8. The minimum absolute atomic E-state index is 0.0171. The third-order valence-corrected chi connectivity index (χ3v) is 4.62. The maximum absolute atomic E-state index is 12.9. The van der Waals surface area contributed by atoms with Crippen LogP contribution < -0.4 is 0 Å². The number of hydrogen-bond acceptors (Lipinski definition) is 4. The number of ether oxygens (including phenoxy) is 1. The van der Waals surface area contributed by atoms with Crippen molar-refractivity contribution in [1.29, 1.82) is 0 Å². The summed E-state index contributed by atoms with van der Waals surface area (Å²) in [5.41, 5.74) is 1.13. The van der Waals surface area contributed by atoms with Gasteiger partial charge in [0.15, 0.2) is 5.69 Å². The van der Waals surface area contributed by atoms with E-state index in [0.717, 1.165) is 24.8 Å². The van der Waals surface area contributed by atoms with Crippen molar-refractivity contribution in [3.8, 4) is 10.6 Å². The van der Waals surface area contributed by atoms with Crippen LogP contribution >= 0.6 is 11.3 Å². The number of carbonyl (C=O) groups is 1. The first kappa shape index (κ1) is 14.2. The molecule has 110 valence electrons. The van der Waals surface area contributed by atoms with Crippen molar-refractivity contribution in [3.63, 3.8) is 0 Å². The molecule has 3 nitrogen and oxygen atoms in total. The molecule has 3 rings (SSSR count). The lowest BCUT2D eigenvalue weighted by atomic mass is 10.1. The first-order valence-corrected chi connectivity index (χ1v) is 7.92. The summed E-state index contributed by atoms with van der Waals surface area (Å²) in [5, 5.41) is 2.39. The van der Waals surface area contributed by atoms with Gasteiger partial charge in [-0.3, -0.25) is 0 Å². The molecule has 1 aromatic carbocycles. The summed E-state index contributed by atoms with van der Waals surface area (Å²) in [5.74, 6) is -0.0305. The number of rotatable bonds is 3. The van der Waals surface area contributed by atoms with Gasteiger partial charge in [-0.1, -0.05) is 6.92 Å². The van der Waals surface area contributed by atoms with Crippen LogP contribution in [0.15, 0.2) is 29.6 Å². The molecule has 2 aromatic rings. The summed E-state index contributed by atoms with van der Waals surface area (Å²) in [6.07, 6.45) is 2.99. The lowest BCUT2D eigenvalue weighted by molar-refractivity contribution is 0.0305. The predicted octanol–water partition coefficient (Wildman–Crippen LogP) is 4.29. The Morgan fingerprint density at radius 1 is 1.33 bits per heavy atom. The maximum Gasteiger partial charge on any atom is 0.358 e. The van der Waals surface area contributed by atoms with Crippen molar-refractivity contribution in [3.05, 3.63) is 41.2 Å². The molecule has 0 radical (unpaired) electrons. The molecule has 1 heterocycles. The van der Waals surface area contributed by atoms with Crippen molar-refractivity contribution in [2.24, 2.45) is 5.92 Å². The van der Waals surface area contributed by atoms with Crippen LogP contribution in [-0.4, -0.2) is 17.1 Å². The van der Waals surface area contributed by atoms with E-state index in [-0.39, 0.29) is 17.9 Å². The van der Waals surface area contributed by atoms with Crippen LogP contribution in [0.5, 0.6) is 0 Å². The van der Waals surface area contributed by atoms with Gasteiger partial charge in [0.2, 0.25) is 0 Å². The number of thiazole rings is 1. The molecule has 2 atom stereocenters. The molecule has 0 saturated heterocycles. The average Bonchev–Trinajstić information content (AvgIpc) is 3.09. The van der Waals surface area contributed by atoms with Gasteiger partial charge in [-0.05, 0) is 49.4 Å². The number of nitrogens with zero attached hydrogens (tertiary/aromatic N) is 1.